The molecule has 7 nitrogen and oxygen atoms in total. The molecule has 1 aliphatic carbocycles. The molecule has 4 rings (SSSR count). The summed E-state index contributed by atoms with van der Waals surface area (Å²) >= 11 is 6.05. The first-order chi connectivity index (χ1) is 16.7. The summed E-state index contributed by atoms with van der Waals surface area (Å²) in [5.41, 5.74) is 1.88. The second kappa shape index (κ2) is 10.4. The minimum absolute atomic E-state index is 0.0221. The van der Waals surface area contributed by atoms with Crippen LogP contribution in [0.2, 0.25) is 5.02 Å². The zero-order valence-corrected chi connectivity index (χ0v) is 21.7. The van der Waals surface area contributed by atoms with Crippen LogP contribution in [0.15, 0.2) is 59.9 Å². The van der Waals surface area contributed by atoms with Gasteiger partial charge in [0.05, 0.1) is 31.3 Å². The molecular formula is C26H30ClN3O4S. The zero-order valence-electron chi connectivity index (χ0n) is 20.1. The van der Waals surface area contributed by atoms with Crippen LogP contribution >= 0.6 is 11.6 Å². The van der Waals surface area contributed by atoms with Crippen molar-refractivity contribution in [1.82, 2.24) is 14.5 Å². The number of carbonyl (C=O) groups excluding carboxylic acids is 1. The number of amides is 1. The Labute approximate surface area is 211 Å². The molecule has 35 heavy (non-hydrogen) atoms. The van der Waals surface area contributed by atoms with Gasteiger partial charge in [0.25, 0.3) is 5.91 Å². The fourth-order valence-electron chi connectivity index (χ4n) is 4.06. The van der Waals surface area contributed by atoms with Crippen LogP contribution in [-0.2, 0) is 28.7 Å². The first-order valence-electron chi connectivity index (χ1n) is 11.6. The van der Waals surface area contributed by atoms with Crippen molar-refractivity contribution in [2.75, 3.05) is 7.11 Å². The number of methoxy groups -OCH3 is 1. The molecule has 0 bridgehead atoms. The molecule has 0 N–H and O–H groups in total. The van der Waals surface area contributed by atoms with Crippen molar-refractivity contribution in [2.45, 2.75) is 56.7 Å². The van der Waals surface area contributed by atoms with Crippen molar-refractivity contribution >= 4 is 27.3 Å². The second-order valence-corrected chi connectivity index (χ2v) is 11.6. The Morgan fingerprint density at radius 1 is 1.20 bits per heavy atom. The van der Waals surface area contributed by atoms with Crippen molar-refractivity contribution in [3.63, 3.8) is 0 Å². The van der Waals surface area contributed by atoms with Crippen molar-refractivity contribution in [3.05, 3.63) is 76.6 Å². The highest BCUT2D eigenvalue weighted by atomic mass is 35.5. The van der Waals surface area contributed by atoms with Gasteiger partial charge >= 0.3 is 0 Å². The van der Waals surface area contributed by atoms with Gasteiger partial charge in [-0.05, 0) is 60.7 Å². The van der Waals surface area contributed by atoms with E-state index in [1.165, 1.54) is 0 Å². The maximum absolute atomic E-state index is 13.4. The second-order valence-electron chi connectivity index (χ2n) is 9.32. The molecule has 1 fully saturated rings. The third-order valence-corrected chi connectivity index (χ3v) is 7.72. The number of halogens is 1. The predicted octanol–water partition coefficient (Wildman–Crippen LogP) is 4.98. The first kappa shape index (κ1) is 25.3. The molecule has 0 unspecified atom stereocenters. The summed E-state index contributed by atoms with van der Waals surface area (Å²) in [6.45, 7) is 4.83. The predicted molar refractivity (Wildman–Crippen MR) is 135 cm³/mol. The topological polar surface area (TPSA) is 81.5 Å². The van der Waals surface area contributed by atoms with Gasteiger partial charge in [-0.2, -0.15) is 0 Å². The number of sulfone groups is 1. The summed E-state index contributed by atoms with van der Waals surface area (Å²) in [6, 6.07) is 14.0. The third-order valence-electron chi connectivity index (χ3n) is 5.89. The molecule has 0 atom stereocenters. The van der Waals surface area contributed by atoms with E-state index in [9.17, 15) is 13.2 Å². The van der Waals surface area contributed by atoms with Crippen LogP contribution in [0.5, 0.6) is 5.75 Å². The van der Waals surface area contributed by atoms with E-state index in [0.717, 1.165) is 12.8 Å². The van der Waals surface area contributed by atoms with Crippen LogP contribution in [0.1, 0.15) is 48.3 Å². The maximum atomic E-state index is 13.4. The molecule has 1 aliphatic rings. The lowest BCUT2D eigenvalue weighted by molar-refractivity contribution is 0.0725. The van der Waals surface area contributed by atoms with Crippen LogP contribution in [0.4, 0.5) is 0 Å². The minimum atomic E-state index is -3.73. The summed E-state index contributed by atoms with van der Waals surface area (Å²) < 4.78 is 33.7. The Morgan fingerprint density at radius 2 is 1.91 bits per heavy atom. The van der Waals surface area contributed by atoms with Gasteiger partial charge in [0.15, 0.2) is 0 Å². The third kappa shape index (κ3) is 6.05. The van der Waals surface area contributed by atoms with Crippen molar-refractivity contribution < 1.29 is 17.9 Å². The molecule has 0 aliphatic heterocycles. The van der Waals surface area contributed by atoms with E-state index < -0.39 is 9.84 Å². The Kier molecular flexibility index (Phi) is 7.52. The van der Waals surface area contributed by atoms with Gasteiger partial charge in [-0.3, -0.25) is 4.79 Å². The molecule has 0 saturated heterocycles. The van der Waals surface area contributed by atoms with Crippen molar-refractivity contribution in [3.8, 4) is 5.75 Å². The molecule has 1 aromatic heterocycles. The van der Waals surface area contributed by atoms with Crippen molar-refractivity contribution in [1.29, 1.82) is 0 Å². The van der Waals surface area contributed by atoms with Gasteiger partial charge in [-0.15, -0.1) is 0 Å². The molecule has 0 radical (unpaired) electrons. The van der Waals surface area contributed by atoms with Crippen LogP contribution in [0.3, 0.4) is 0 Å². The largest absolute Gasteiger partial charge is 0.497 e. The lowest BCUT2D eigenvalue weighted by atomic mass is 10.1. The van der Waals surface area contributed by atoms with E-state index in [-0.39, 0.29) is 28.8 Å². The smallest absolute Gasteiger partial charge is 0.254 e. The summed E-state index contributed by atoms with van der Waals surface area (Å²) in [4.78, 5) is 19.5. The molecule has 186 valence electrons. The minimum Gasteiger partial charge on any atom is -0.497 e. The van der Waals surface area contributed by atoms with Crippen LogP contribution in [0.25, 0.3) is 0 Å². The molecule has 1 saturated carbocycles. The molecule has 1 amide bonds. The molecule has 9 heteroatoms. The van der Waals surface area contributed by atoms with Gasteiger partial charge in [-0.25, -0.2) is 13.4 Å². The zero-order chi connectivity index (χ0) is 25.2. The number of hydrogen-bond donors (Lipinski definition) is 0. The number of benzene rings is 2. The normalized spacial score (nSPS) is 13.7. The maximum Gasteiger partial charge on any atom is 0.254 e. The number of imidazole rings is 1. The van der Waals surface area contributed by atoms with Crippen molar-refractivity contribution in [2.24, 2.45) is 5.92 Å². The van der Waals surface area contributed by atoms with Gasteiger partial charge in [-0.1, -0.05) is 37.6 Å². The molecule has 2 aromatic carbocycles. The lowest BCUT2D eigenvalue weighted by Gasteiger charge is -2.24. The highest BCUT2D eigenvalue weighted by Gasteiger charge is 2.35. The van der Waals surface area contributed by atoms with E-state index in [2.05, 4.69) is 4.98 Å². The Morgan fingerprint density at radius 3 is 2.51 bits per heavy atom. The van der Waals surface area contributed by atoms with E-state index in [0.29, 0.717) is 40.7 Å². The van der Waals surface area contributed by atoms with E-state index in [4.69, 9.17) is 16.3 Å². The number of hydrogen-bond acceptors (Lipinski definition) is 5. The SMILES string of the molecule is COc1ccc(C(=O)N(Cc2cnc(S(=O)(=O)Cc3cccc(Cl)c3)n2CC(C)C)C2CC2)cc1. The number of aromatic nitrogens is 2. The monoisotopic (exact) mass is 515 g/mol. The first-order valence-corrected chi connectivity index (χ1v) is 13.7. The molecule has 1 heterocycles. The average Bonchev–Trinajstić information content (AvgIpc) is 3.57. The number of carbonyl (C=O) groups is 1. The van der Waals surface area contributed by atoms with E-state index >= 15 is 0 Å². The highest BCUT2D eigenvalue weighted by molar-refractivity contribution is 7.90. The summed E-state index contributed by atoms with van der Waals surface area (Å²) in [7, 11) is -2.15. The highest BCUT2D eigenvalue weighted by Crippen LogP contribution is 2.31. The number of ether oxygens (including phenoxy) is 1. The van der Waals surface area contributed by atoms with Crippen LogP contribution < -0.4 is 4.74 Å². The summed E-state index contributed by atoms with van der Waals surface area (Å²) in [5.74, 6) is 0.591. The van der Waals surface area contributed by atoms with Gasteiger partial charge in [0.2, 0.25) is 15.0 Å². The van der Waals surface area contributed by atoms with Crippen LogP contribution in [-0.4, -0.2) is 41.9 Å². The molecular weight excluding hydrogens is 486 g/mol. The van der Waals surface area contributed by atoms with E-state index in [1.807, 2.05) is 18.7 Å². The lowest BCUT2D eigenvalue weighted by Crippen LogP contribution is -2.33. The Balaban J connectivity index is 1.64. The van der Waals surface area contributed by atoms with Crippen LogP contribution in [0, 0.1) is 5.92 Å². The van der Waals surface area contributed by atoms with Gasteiger partial charge in [0.1, 0.15) is 5.75 Å². The summed E-state index contributed by atoms with van der Waals surface area (Å²) in [6.07, 6.45) is 3.45. The van der Waals surface area contributed by atoms with Gasteiger partial charge in [0, 0.05) is 23.2 Å². The van der Waals surface area contributed by atoms with Gasteiger partial charge < -0.3 is 14.2 Å². The molecule has 0 spiro atoms. The molecule has 3 aromatic rings. The Hall–Kier alpha value is -2.84. The summed E-state index contributed by atoms with van der Waals surface area (Å²) in [5, 5.41) is 0.509. The number of rotatable bonds is 10. The number of nitrogens with zero attached hydrogens (tertiary/aromatic N) is 3. The van der Waals surface area contributed by atoms with E-state index in [1.54, 1.807) is 66.4 Å². The quantitative estimate of drug-likeness (QED) is 0.380. The average molecular weight is 516 g/mol. The standard InChI is InChI=1S/C26H30ClN3O4S/c1-18(2)15-30-23(14-28-26(30)35(32,33)17-19-5-4-6-21(27)13-19)16-29(22-9-10-22)25(31)20-7-11-24(34-3)12-8-20/h4-8,11-14,18,22H,9-10,15-17H2,1-3H3. The Bertz CT molecular complexity index is 1300. The fourth-order valence-corrected chi connectivity index (χ4v) is 5.77. The fraction of sp³-hybridized carbons (Fsp3) is 0.385.